The zero-order valence-corrected chi connectivity index (χ0v) is 12.6. The molecule has 1 aliphatic rings. The lowest BCUT2D eigenvalue weighted by Gasteiger charge is -2.24. The number of hydrogen-bond acceptors (Lipinski definition) is 3. The van der Waals surface area contributed by atoms with Gasteiger partial charge in [-0.25, -0.2) is 12.8 Å². The molecule has 0 radical (unpaired) electrons. The van der Waals surface area contributed by atoms with Crippen LogP contribution in [0.2, 0.25) is 0 Å². The Morgan fingerprint density at radius 2 is 2.05 bits per heavy atom. The first-order valence-corrected chi connectivity index (χ1v) is 8.15. The number of nitrogens with one attached hydrogen (secondary N) is 1. The molecule has 124 valence electrons. The normalized spacial score (nSPS) is 20.5. The van der Waals surface area contributed by atoms with Crippen molar-refractivity contribution in [3.8, 4) is 0 Å². The molecule has 1 heterocycles. The van der Waals surface area contributed by atoms with Crippen molar-refractivity contribution in [1.82, 2.24) is 9.62 Å². The van der Waals surface area contributed by atoms with Crippen molar-refractivity contribution < 1.29 is 26.0 Å². The van der Waals surface area contributed by atoms with E-state index in [4.69, 9.17) is 0 Å². The molecule has 9 heteroatoms. The highest BCUT2D eigenvalue weighted by atomic mass is 32.2. The molecule has 1 unspecified atom stereocenters. The summed E-state index contributed by atoms with van der Waals surface area (Å²) in [4.78, 5) is -0.538. The van der Waals surface area contributed by atoms with Crippen LogP contribution in [0.5, 0.6) is 0 Å². The summed E-state index contributed by atoms with van der Waals surface area (Å²) in [6, 6.07) is 1.46. The highest BCUT2D eigenvalue weighted by Gasteiger charge is 2.38. The summed E-state index contributed by atoms with van der Waals surface area (Å²) in [5, 5.41) is 2.86. The van der Waals surface area contributed by atoms with E-state index in [1.807, 2.05) is 0 Å². The van der Waals surface area contributed by atoms with E-state index < -0.39 is 32.5 Å². The topological polar surface area (TPSA) is 49.4 Å². The third kappa shape index (κ3) is 3.26. The average Bonchev–Trinajstić information content (AvgIpc) is 2.87. The second kappa shape index (κ2) is 6.13. The molecule has 1 aliphatic heterocycles. The first-order chi connectivity index (χ1) is 10.2. The zero-order chi connectivity index (χ0) is 16.5. The van der Waals surface area contributed by atoms with Gasteiger partial charge in [0.15, 0.2) is 0 Å². The molecule has 22 heavy (non-hydrogen) atoms. The van der Waals surface area contributed by atoms with E-state index in [1.54, 1.807) is 7.05 Å². The lowest BCUT2D eigenvalue weighted by Crippen LogP contribution is -2.40. The van der Waals surface area contributed by atoms with Gasteiger partial charge in [0.1, 0.15) is 5.82 Å². The Bertz CT molecular complexity index is 646. The largest absolute Gasteiger partial charge is 0.419 e. The summed E-state index contributed by atoms with van der Waals surface area (Å²) in [5.74, 6) is -1.49. The van der Waals surface area contributed by atoms with Gasteiger partial charge in [0, 0.05) is 19.1 Å². The number of rotatable bonds is 4. The predicted octanol–water partition coefficient (Wildman–Crippen LogP) is 2.22. The molecule has 2 rings (SSSR count). The number of halogens is 4. The van der Waals surface area contributed by atoms with E-state index in [-0.39, 0.29) is 12.6 Å². The summed E-state index contributed by atoms with van der Waals surface area (Å²) in [6.45, 7) is 0.653. The summed E-state index contributed by atoms with van der Waals surface area (Å²) in [6.07, 6.45) is -3.67. The summed E-state index contributed by atoms with van der Waals surface area (Å²) < 4.78 is 77.7. The van der Waals surface area contributed by atoms with E-state index in [1.165, 1.54) is 4.31 Å². The van der Waals surface area contributed by atoms with Crippen LogP contribution in [0.25, 0.3) is 0 Å². The number of sulfonamides is 1. The van der Waals surface area contributed by atoms with Gasteiger partial charge < -0.3 is 5.32 Å². The van der Waals surface area contributed by atoms with Crippen molar-refractivity contribution in [1.29, 1.82) is 0 Å². The molecule has 0 saturated carbocycles. The van der Waals surface area contributed by atoms with Crippen LogP contribution in [0.15, 0.2) is 23.1 Å². The van der Waals surface area contributed by atoms with Gasteiger partial charge in [0.2, 0.25) is 10.0 Å². The van der Waals surface area contributed by atoms with Crippen LogP contribution in [0, 0.1) is 5.82 Å². The average molecular weight is 340 g/mol. The fourth-order valence-electron chi connectivity index (χ4n) is 2.58. The van der Waals surface area contributed by atoms with Gasteiger partial charge in [-0.2, -0.15) is 17.5 Å². The molecule has 1 fully saturated rings. The van der Waals surface area contributed by atoms with Gasteiger partial charge in [-0.15, -0.1) is 0 Å². The van der Waals surface area contributed by atoms with E-state index in [0.29, 0.717) is 31.5 Å². The molecule has 0 bridgehead atoms. The molecule has 0 amide bonds. The minimum atomic E-state index is -4.94. The third-order valence-electron chi connectivity index (χ3n) is 3.61. The molecule has 1 atom stereocenters. The standard InChI is InChI=1S/C13H16F4N2O2S/c1-18-8-9-3-2-6-19(9)22(20,21)10-4-5-12(14)11(7-10)13(15,16)17/h4-5,7,9,18H,2-3,6,8H2,1H3. The van der Waals surface area contributed by atoms with Crippen LogP contribution >= 0.6 is 0 Å². The van der Waals surface area contributed by atoms with E-state index >= 15 is 0 Å². The Morgan fingerprint density at radius 3 is 2.64 bits per heavy atom. The van der Waals surface area contributed by atoms with Crippen molar-refractivity contribution in [2.24, 2.45) is 0 Å². The Hall–Kier alpha value is -1.19. The molecule has 1 saturated heterocycles. The first-order valence-electron chi connectivity index (χ1n) is 6.71. The van der Waals surface area contributed by atoms with Crippen molar-refractivity contribution >= 4 is 10.0 Å². The molecule has 0 aliphatic carbocycles. The maximum atomic E-state index is 13.3. The Kier molecular flexibility index (Phi) is 4.78. The smallest absolute Gasteiger partial charge is 0.318 e. The maximum absolute atomic E-state index is 13.3. The van der Waals surface area contributed by atoms with Crippen LogP contribution < -0.4 is 5.32 Å². The molecule has 4 nitrogen and oxygen atoms in total. The van der Waals surface area contributed by atoms with Crippen LogP contribution in [-0.4, -0.2) is 38.9 Å². The third-order valence-corrected chi connectivity index (χ3v) is 5.56. The first kappa shape index (κ1) is 17.2. The molecule has 1 aromatic carbocycles. The molecule has 0 aromatic heterocycles. The number of alkyl halides is 3. The van der Waals surface area contributed by atoms with Crippen molar-refractivity contribution in [2.45, 2.75) is 30.0 Å². The molecular weight excluding hydrogens is 324 g/mol. The second-order valence-electron chi connectivity index (χ2n) is 5.11. The molecule has 1 N–H and O–H groups in total. The molecule has 0 spiro atoms. The summed E-state index contributed by atoms with van der Waals surface area (Å²) in [7, 11) is -2.41. The SMILES string of the molecule is CNCC1CCCN1S(=O)(=O)c1ccc(F)c(C(F)(F)F)c1. The fraction of sp³-hybridized carbons (Fsp3) is 0.538. The van der Waals surface area contributed by atoms with Crippen LogP contribution in [0.4, 0.5) is 17.6 Å². The van der Waals surface area contributed by atoms with Crippen LogP contribution in [0.3, 0.4) is 0 Å². The summed E-state index contributed by atoms with van der Waals surface area (Å²) >= 11 is 0. The summed E-state index contributed by atoms with van der Waals surface area (Å²) in [5.41, 5.74) is -1.57. The van der Waals surface area contributed by atoms with Gasteiger partial charge in [0.25, 0.3) is 0 Å². The highest BCUT2D eigenvalue weighted by Crippen LogP contribution is 2.34. The maximum Gasteiger partial charge on any atom is 0.419 e. The minimum absolute atomic E-state index is 0.243. The number of nitrogens with zero attached hydrogens (tertiary/aromatic N) is 1. The van der Waals surface area contributed by atoms with Gasteiger partial charge in [-0.1, -0.05) is 0 Å². The van der Waals surface area contributed by atoms with Crippen molar-refractivity contribution in [3.63, 3.8) is 0 Å². The Balaban J connectivity index is 2.42. The second-order valence-corrected chi connectivity index (χ2v) is 7.00. The fourth-order valence-corrected chi connectivity index (χ4v) is 4.30. The van der Waals surface area contributed by atoms with Crippen LogP contribution in [0.1, 0.15) is 18.4 Å². The highest BCUT2D eigenvalue weighted by molar-refractivity contribution is 7.89. The molecular formula is C13H16F4N2O2S. The molecule has 1 aromatic rings. The van der Waals surface area contributed by atoms with Gasteiger partial charge in [-0.3, -0.25) is 0 Å². The number of hydrogen-bond donors (Lipinski definition) is 1. The predicted molar refractivity (Wildman–Crippen MR) is 72.2 cm³/mol. The zero-order valence-electron chi connectivity index (χ0n) is 11.8. The van der Waals surface area contributed by atoms with E-state index in [0.717, 1.165) is 6.07 Å². The minimum Gasteiger partial charge on any atom is -0.318 e. The van der Waals surface area contributed by atoms with Gasteiger partial charge in [-0.05, 0) is 38.1 Å². The Labute approximate surface area is 126 Å². The van der Waals surface area contributed by atoms with Gasteiger partial charge >= 0.3 is 6.18 Å². The number of benzene rings is 1. The number of likely N-dealkylation sites (N-methyl/N-ethyl adjacent to an activating group) is 1. The van der Waals surface area contributed by atoms with Gasteiger partial charge in [0.05, 0.1) is 10.5 Å². The Morgan fingerprint density at radius 1 is 1.36 bits per heavy atom. The lowest BCUT2D eigenvalue weighted by molar-refractivity contribution is -0.140. The van der Waals surface area contributed by atoms with Crippen molar-refractivity contribution in [2.75, 3.05) is 20.1 Å². The van der Waals surface area contributed by atoms with Crippen LogP contribution in [-0.2, 0) is 16.2 Å². The van der Waals surface area contributed by atoms with Crippen molar-refractivity contribution in [3.05, 3.63) is 29.6 Å². The van der Waals surface area contributed by atoms with E-state index in [9.17, 15) is 26.0 Å². The monoisotopic (exact) mass is 340 g/mol. The lowest BCUT2D eigenvalue weighted by atomic mass is 10.2. The quantitative estimate of drug-likeness (QED) is 0.855. The van der Waals surface area contributed by atoms with E-state index in [2.05, 4.69) is 5.32 Å².